The highest BCUT2D eigenvalue weighted by Gasteiger charge is 2.20. The van der Waals surface area contributed by atoms with Crippen LogP contribution in [0.15, 0.2) is 23.2 Å². The maximum Gasteiger partial charge on any atom is 0.128 e. The number of halogens is 1. The van der Waals surface area contributed by atoms with Crippen LogP contribution in [0.4, 0.5) is 5.82 Å². The van der Waals surface area contributed by atoms with E-state index in [0.717, 1.165) is 35.2 Å². The predicted octanol–water partition coefficient (Wildman–Crippen LogP) is 3.08. The van der Waals surface area contributed by atoms with Gasteiger partial charge in [0.1, 0.15) is 5.82 Å². The van der Waals surface area contributed by atoms with Crippen molar-refractivity contribution in [2.45, 2.75) is 32.0 Å². The summed E-state index contributed by atoms with van der Waals surface area (Å²) in [5, 5.41) is 6.27. The molecule has 0 unspecified atom stereocenters. The number of rotatable bonds is 6. The topological polar surface area (TPSA) is 41.1 Å². The Morgan fingerprint density at radius 1 is 1.45 bits per heavy atom. The Kier molecular flexibility index (Phi) is 4.19. The quantitative estimate of drug-likeness (QED) is 0.890. The summed E-state index contributed by atoms with van der Waals surface area (Å²) in [7, 11) is 2.02. The zero-order chi connectivity index (χ0) is 13.9. The first-order valence-corrected chi connectivity index (χ1v) is 8.00. The van der Waals surface area contributed by atoms with Gasteiger partial charge in [-0.05, 0) is 24.5 Å². The molecule has 20 heavy (non-hydrogen) atoms. The fraction of sp³-hybridized carbons (Fsp3) is 0.429. The summed E-state index contributed by atoms with van der Waals surface area (Å²) < 4.78 is 0. The third-order valence-electron chi connectivity index (χ3n) is 3.35. The Balaban J connectivity index is 1.69. The molecule has 4 nitrogen and oxygen atoms in total. The van der Waals surface area contributed by atoms with Crippen LogP contribution in [0.25, 0.3) is 0 Å². The zero-order valence-corrected chi connectivity index (χ0v) is 12.9. The van der Waals surface area contributed by atoms with E-state index in [1.165, 1.54) is 12.8 Å². The second kappa shape index (κ2) is 6.08. The van der Waals surface area contributed by atoms with Gasteiger partial charge in [-0.25, -0.2) is 9.97 Å². The molecular weight excluding hydrogens is 292 g/mol. The summed E-state index contributed by atoms with van der Waals surface area (Å²) >= 11 is 7.83. The van der Waals surface area contributed by atoms with Crippen molar-refractivity contribution in [2.24, 2.45) is 0 Å². The Labute approximate surface area is 127 Å². The van der Waals surface area contributed by atoms with E-state index in [1.54, 1.807) is 17.5 Å². The first kappa shape index (κ1) is 13.8. The van der Waals surface area contributed by atoms with Gasteiger partial charge in [-0.15, -0.1) is 11.3 Å². The lowest BCUT2D eigenvalue weighted by Gasteiger charge is -2.18. The van der Waals surface area contributed by atoms with E-state index in [2.05, 4.69) is 31.6 Å². The van der Waals surface area contributed by atoms with Crippen molar-refractivity contribution in [2.75, 3.05) is 11.9 Å². The van der Waals surface area contributed by atoms with Gasteiger partial charge in [0.15, 0.2) is 0 Å². The van der Waals surface area contributed by atoms with Gasteiger partial charge in [0, 0.05) is 31.2 Å². The molecule has 2 heterocycles. The SMILES string of the molecule is CN(Cc1cscn1)c1cc(CNC2CC2)c(Cl)cn1. The van der Waals surface area contributed by atoms with E-state index in [-0.39, 0.29) is 0 Å². The van der Waals surface area contributed by atoms with Crippen molar-refractivity contribution < 1.29 is 0 Å². The van der Waals surface area contributed by atoms with Crippen molar-refractivity contribution >= 4 is 28.8 Å². The molecule has 1 aliphatic rings. The molecule has 3 rings (SSSR count). The molecule has 1 aliphatic carbocycles. The highest BCUT2D eigenvalue weighted by molar-refractivity contribution is 7.07. The number of pyridine rings is 1. The van der Waals surface area contributed by atoms with Crippen molar-refractivity contribution in [1.82, 2.24) is 15.3 Å². The zero-order valence-electron chi connectivity index (χ0n) is 11.3. The largest absolute Gasteiger partial charge is 0.354 e. The normalized spacial score (nSPS) is 14.5. The van der Waals surface area contributed by atoms with Crippen LogP contribution in [0, 0.1) is 0 Å². The van der Waals surface area contributed by atoms with Crippen LogP contribution in [-0.4, -0.2) is 23.1 Å². The number of hydrogen-bond donors (Lipinski definition) is 1. The average molecular weight is 309 g/mol. The van der Waals surface area contributed by atoms with E-state index in [4.69, 9.17) is 11.6 Å². The maximum atomic E-state index is 6.22. The van der Waals surface area contributed by atoms with Crippen molar-refractivity contribution in [3.05, 3.63) is 39.4 Å². The summed E-state index contributed by atoms with van der Waals surface area (Å²) in [5.41, 5.74) is 4.02. The van der Waals surface area contributed by atoms with E-state index in [9.17, 15) is 0 Å². The smallest absolute Gasteiger partial charge is 0.128 e. The molecule has 2 aromatic heterocycles. The molecular formula is C14H17ClN4S. The molecule has 0 atom stereocenters. The number of hydrogen-bond acceptors (Lipinski definition) is 5. The summed E-state index contributed by atoms with van der Waals surface area (Å²) in [4.78, 5) is 10.8. The standard InChI is InChI=1S/C14H17ClN4S/c1-19(7-12-8-20-9-18-12)14-4-10(13(15)6-17-14)5-16-11-2-3-11/h4,6,8-9,11,16H,2-3,5,7H2,1H3. The minimum atomic E-state index is 0.676. The van der Waals surface area contributed by atoms with Gasteiger partial charge in [-0.2, -0.15) is 0 Å². The van der Waals surface area contributed by atoms with Crippen LogP contribution in [0.1, 0.15) is 24.1 Å². The lowest BCUT2D eigenvalue weighted by Crippen LogP contribution is -2.19. The molecule has 1 saturated carbocycles. The van der Waals surface area contributed by atoms with Crippen molar-refractivity contribution in [3.63, 3.8) is 0 Å². The Hall–Kier alpha value is -1.17. The lowest BCUT2D eigenvalue weighted by molar-refractivity contribution is 0.686. The first-order valence-electron chi connectivity index (χ1n) is 6.68. The number of anilines is 1. The van der Waals surface area contributed by atoms with Crippen LogP contribution in [0.3, 0.4) is 0 Å². The molecule has 1 fully saturated rings. The van der Waals surface area contributed by atoms with E-state index in [0.29, 0.717) is 6.04 Å². The Morgan fingerprint density at radius 2 is 2.30 bits per heavy atom. The predicted molar refractivity (Wildman–Crippen MR) is 83.3 cm³/mol. The van der Waals surface area contributed by atoms with Gasteiger partial charge in [0.2, 0.25) is 0 Å². The summed E-state index contributed by atoms with van der Waals surface area (Å²) in [6.45, 7) is 1.57. The fourth-order valence-electron chi connectivity index (χ4n) is 1.99. The Morgan fingerprint density at radius 3 is 3.00 bits per heavy atom. The highest BCUT2D eigenvalue weighted by Crippen LogP contribution is 2.23. The van der Waals surface area contributed by atoms with Crippen LogP contribution in [-0.2, 0) is 13.1 Å². The van der Waals surface area contributed by atoms with Crippen LogP contribution in [0.2, 0.25) is 5.02 Å². The van der Waals surface area contributed by atoms with E-state index in [1.807, 2.05) is 12.6 Å². The van der Waals surface area contributed by atoms with Gasteiger partial charge in [-0.1, -0.05) is 11.6 Å². The van der Waals surface area contributed by atoms with Gasteiger partial charge in [-0.3, -0.25) is 0 Å². The molecule has 0 amide bonds. The van der Waals surface area contributed by atoms with Crippen LogP contribution >= 0.6 is 22.9 Å². The first-order chi connectivity index (χ1) is 9.72. The minimum Gasteiger partial charge on any atom is -0.354 e. The number of nitrogens with one attached hydrogen (secondary N) is 1. The highest BCUT2D eigenvalue weighted by atomic mass is 35.5. The molecule has 0 spiro atoms. The van der Waals surface area contributed by atoms with Crippen LogP contribution < -0.4 is 10.2 Å². The molecule has 0 bridgehead atoms. The summed E-state index contributed by atoms with van der Waals surface area (Å²) in [6.07, 6.45) is 4.29. The summed E-state index contributed by atoms with van der Waals surface area (Å²) in [6, 6.07) is 2.74. The number of nitrogens with zero attached hydrogens (tertiary/aromatic N) is 3. The molecule has 0 saturated heterocycles. The maximum absolute atomic E-state index is 6.22. The molecule has 2 aromatic rings. The molecule has 0 radical (unpaired) electrons. The third kappa shape index (κ3) is 3.48. The van der Waals surface area contributed by atoms with Gasteiger partial charge in [0.05, 0.1) is 22.8 Å². The van der Waals surface area contributed by atoms with Crippen LogP contribution in [0.5, 0.6) is 0 Å². The summed E-state index contributed by atoms with van der Waals surface area (Å²) in [5.74, 6) is 0.926. The minimum absolute atomic E-state index is 0.676. The number of aromatic nitrogens is 2. The average Bonchev–Trinajstić information content (AvgIpc) is 3.14. The second-order valence-electron chi connectivity index (χ2n) is 5.12. The number of thiazole rings is 1. The molecule has 6 heteroatoms. The molecule has 0 aromatic carbocycles. The second-order valence-corrected chi connectivity index (χ2v) is 6.25. The van der Waals surface area contributed by atoms with Crippen molar-refractivity contribution in [3.8, 4) is 0 Å². The fourth-order valence-corrected chi connectivity index (χ4v) is 2.71. The third-order valence-corrected chi connectivity index (χ3v) is 4.33. The van der Waals surface area contributed by atoms with E-state index < -0.39 is 0 Å². The van der Waals surface area contributed by atoms with Crippen molar-refractivity contribution in [1.29, 1.82) is 0 Å². The monoisotopic (exact) mass is 308 g/mol. The van der Waals surface area contributed by atoms with Gasteiger partial charge < -0.3 is 10.2 Å². The molecule has 0 aliphatic heterocycles. The van der Waals surface area contributed by atoms with Gasteiger partial charge >= 0.3 is 0 Å². The molecule has 1 N–H and O–H groups in total. The molecule has 106 valence electrons. The Bertz CT molecular complexity index is 569. The van der Waals surface area contributed by atoms with E-state index >= 15 is 0 Å². The lowest BCUT2D eigenvalue weighted by atomic mass is 10.2. The van der Waals surface area contributed by atoms with Gasteiger partial charge in [0.25, 0.3) is 0 Å².